The van der Waals surface area contributed by atoms with Crippen LogP contribution in [0.3, 0.4) is 0 Å². The van der Waals surface area contributed by atoms with Crippen LogP contribution in [0.15, 0.2) is 18.5 Å². The fourth-order valence-electron chi connectivity index (χ4n) is 3.48. The van der Waals surface area contributed by atoms with Gasteiger partial charge in [0.15, 0.2) is 5.82 Å². The fourth-order valence-corrected chi connectivity index (χ4v) is 3.48. The summed E-state index contributed by atoms with van der Waals surface area (Å²) >= 11 is 0. The van der Waals surface area contributed by atoms with Crippen molar-refractivity contribution in [3.63, 3.8) is 0 Å². The number of esters is 1. The number of hydrogen-bond donors (Lipinski definition) is 3. The quantitative estimate of drug-likeness (QED) is 0.390. The van der Waals surface area contributed by atoms with Crippen LogP contribution < -0.4 is 5.32 Å². The Morgan fingerprint density at radius 2 is 2.12 bits per heavy atom. The van der Waals surface area contributed by atoms with Crippen molar-refractivity contribution in [1.82, 2.24) is 14.6 Å². The summed E-state index contributed by atoms with van der Waals surface area (Å²) in [7, 11) is 0. The number of nitriles is 1. The number of aliphatic hydroxyl groups is 2. The number of rotatable bonds is 8. The molecule has 1 aliphatic heterocycles. The van der Waals surface area contributed by atoms with Gasteiger partial charge in [0, 0.05) is 6.92 Å². The number of unbranched alkanes of at least 4 members (excludes halogenated alkanes) is 2. The number of amides is 1. The van der Waals surface area contributed by atoms with E-state index in [1.54, 1.807) is 0 Å². The summed E-state index contributed by atoms with van der Waals surface area (Å²) in [5.41, 5.74) is -1.58. The molecular formula is C20H25N5O7. The third-order valence-corrected chi connectivity index (χ3v) is 5.11. The lowest BCUT2D eigenvalue weighted by molar-refractivity contribution is -0.148. The Hall–Kier alpha value is -3.27. The van der Waals surface area contributed by atoms with Crippen molar-refractivity contribution >= 4 is 23.4 Å². The molecule has 0 spiro atoms. The van der Waals surface area contributed by atoms with Crippen molar-refractivity contribution in [1.29, 1.82) is 5.26 Å². The second-order valence-corrected chi connectivity index (χ2v) is 7.33. The maximum atomic E-state index is 12.1. The van der Waals surface area contributed by atoms with Gasteiger partial charge in [-0.1, -0.05) is 19.8 Å². The van der Waals surface area contributed by atoms with Gasteiger partial charge < -0.3 is 24.4 Å². The van der Waals surface area contributed by atoms with Crippen molar-refractivity contribution in [3.05, 3.63) is 24.2 Å². The standard InChI is InChI=1S/C20H25N5O7/c1-3-4-5-8-30-19(29)24-18-13-6-7-15(25(13)23-11-22-18)20(10-21)17(28)16(27)14(32-20)9-31-12(2)26/h6-7,11,14,16-17,27-28H,3-5,8-9H2,1-2H3,(H,22,23,24,29)/t14-,16-,17-,20+/m1/s1. The van der Waals surface area contributed by atoms with E-state index in [2.05, 4.69) is 15.4 Å². The molecule has 3 N–H and O–H groups in total. The first-order chi connectivity index (χ1) is 15.3. The van der Waals surface area contributed by atoms with Gasteiger partial charge in [0.2, 0.25) is 5.60 Å². The van der Waals surface area contributed by atoms with Crippen LogP contribution in [0.2, 0.25) is 0 Å². The molecule has 0 unspecified atom stereocenters. The molecule has 0 aromatic carbocycles. The minimum atomic E-state index is -2.00. The average Bonchev–Trinajstić information content (AvgIpc) is 3.31. The number of aromatic nitrogens is 3. The van der Waals surface area contributed by atoms with Crippen LogP contribution in [0.25, 0.3) is 5.52 Å². The number of nitrogens with zero attached hydrogens (tertiary/aromatic N) is 4. The summed E-state index contributed by atoms with van der Waals surface area (Å²) in [5.74, 6) is -0.466. The van der Waals surface area contributed by atoms with Gasteiger partial charge in [0.05, 0.1) is 12.3 Å². The monoisotopic (exact) mass is 447 g/mol. The second kappa shape index (κ2) is 9.90. The normalized spacial score (nSPS) is 24.8. The van der Waals surface area contributed by atoms with Crippen molar-refractivity contribution in [2.75, 3.05) is 18.5 Å². The van der Waals surface area contributed by atoms with Crippen molar-refractivity contribution < 1.29 is 34.0 Å². The molecule has 172 valence electrons. The highest BCUT2D eigenvalue weighted by atomic mass is 16.6. The Kier molecular flexibility index (Phi) is 7.24. The first-order valence-corrected chi connectivity index (χ1v) is 10.2. The molecule has 0 saturated carbocycles. The molecule has 12 heteroatoms. The lowest BCUT2D eigenvalue weighted by atomic mass is 9.92. The molecule has 32 heavy (non-hydrogen) atoms. The molecular weight excluding hydrogens is 422 g/mol. The molecule has 12 nitrogen and oxygen atoms in total. The number of nitrogens with one attached hydrogen (secondary N) is 1. The molecule has 3 rings (SSSR count). The molecule has 1 amide bonds. The topological polar surface area (TPSA) is 168 Å². The zero-order chi connectivity index (χ0) is 23.3. The van der Waals surface area contributed by atoms with Crippen LogP contribution in [0.4, 0.5) is 10.6 Å². The predicted molar refractivity (Wildman–Crippen MR) is 108 cm³/mol. The molecule has 0 radical (unpaired) electrons. The number of ether oxygens (including phenoxy) is 3. The Labute approximate surface area is 183 Å². The van der Waals surface area contributed by atoms with E-state index in [1.165, 1.54) is 23.6 Å². The molecule has 0 aliphatic carbocycles. The third-order valence-electron chi connectivity index (χ3n) is 5.11. The van der Waals surface area contributed by atoms with Gasteiger partial charge >= 0.3 is 12.1 Å². The van der Waals surface area contributed by atoms with E-state index in [0.29, 0.717) is 5.52 Å². The van der Waals surface area contributed by atoms with Gasteiger partial charge in [-0.25, -0.2) is 14.3 Å². The predicted octanol–water partition coefficient (Wildman–Crippen LogP) is 0.871. The van der Waals surface area contributed by atoms with E-state index in [9.17, 15) is 25.1 Å². The zero-order valence-corrected chi connectivity index (χ0v) is 17.7. The van der Waals surface area contributed by atoms with Crippen molar-refractivity contribution in [3.8, 4) is 6.07 Å². The number of hydrogen-bond acceptors (Lipinski definition) is 10. The van der Waals surface area contributed by atoms with Gasteiger partial charge in [-0.3, -0.25) is 10.1 Å². The average molecular weight is 447 g/mol. The van der Waals surface area contributed by atoms with Crippen LogP contribution in [-0.2, 0) is 24.6 Å². The number of fused-ring (bicyclic) bond motifs is 1. The summed E-state index contributed by atoms with van der Waals surface area (Å²) in [6.07, 6.45) is -1.12. The van der Waals surface area contributed by atoms with Crippen LogP contribution in [0, 0.1) is 11.3 Å². The number of carbonyl (C=O) groups excluding carboxylic acids is 2. The molecule has 1 aliphatic rings. The van der Waals surface area contributed by atoms with Crippen LogP contribution in [0.1, 0.15) is 38.8 Å². The number of aliphatic hydroxyl groups excluding tert-OH is 2. The lowest BCUT2D eigenvalue weighted by Gasteiger charge is -2.24. The highest BCUT2D eigenvalue weighted by Crippen LogP contribution is 2.40. The molecule has 1 saturated heterocycles. The zero-order valence-electron chi connectivity index (χ0n) is 17.7. The second-order valence-electron chi connectivity index (χ2n) is 7.33. The Balaban J connectivity index is 1.86. The highest BCUT2D eigenvalue weighted by molar-refractivity contribution is 5.88. The van der Waals surface area contributed by atoms with E-state index in [4.69, 9.17) is 14.2 Å². The SMILES string of the molecule is CCCCCOC(=O)Nc1ncnn2c([C@]3(C#N)O[C@H](COC(C)=O)[C@@H](O)[C@H]3O)ccc12. The van der Waals surface area contributed by atoms with Crippen molar-refractivity contribution in [2.45, 2.75) is 57.0 Å². The number of carbonyl (C=O) groups is 2. The van der Waals surface area contributed by atoms with E-state index < -0.39 is 36.0 Å². The highest BCUT2D eigenvalue weighted by Gasteiger charge is 2.57. The summed E-state index contributed by atoms with van der Waals surface area (Å²) in [6, 6.07) is 4.90. The Bertz CT molecular complexity index is 1020. The largest absolute Gasteiger partial charge is 0.463 e. The maximum Gasteiger partial charge on any atom is 0.412 e. The Morgan fingerprint density at radius 1 is 1.34 bits per heavy atom. The van der Waals surface area contributed by atoms with Gasteiger partial charge in [-0.15, -0.1) is 0 Å². The molecule has 1 fully saturated rings. The smallest absolute Gasteiger partial charge is 0.412 e. The minimum Gasteiger partial charge on any atom is -0.463 e. The molecule has 2 aromatic heterocycles. The van der Waals surface area contributed by atoms with E-state index >= 15 is 0 Å². The molecule has 4 atom stereocenters. The van der Waals surface area contributed by atoms with E-state index in [0.717, 1.165) is 25.6 Å². The van der Waals surface area contributed by atoms with E-state index in [1.807, 2.05) is 13.0 Å². The summed E-state index contributed by atoms with van der Waals surface area (Å²) < 4.78 is 16.9. The minimum absolute atomic E-state index is 0.105. The Morgan fingerprint density at radius 3 is 2.81 bits per heavy atom. The maximum absolute atomic E-state index is 12.1. The molecule has 3 heterocycles. The van der Waals surface area contributed by atoms with Crippen molar-refractivity contribution in [2.24, 2.45) is 0 Å². The van der Waals surface area contributed by atoms with Crippen LogP contribution >= 0.6 is 0 Å². The summed E-state index contributed by atoms with van der Waals surface area (Å²) in [4.78, 5) is 27.2. The first-order valence-electron chi connectivity index (χ1n) is 10.2. The molecule has 0 bridgehead atoms. The van der Waals surface area contributed by atoms with Gasteiger partial charge in [0.25, 0.3) is 0 Å². The summed E-state index contributed by atoms with van der Waals surface area (Å²) in [6.45, 7) is 3.16. The van der Waals surface area contributed by atoms with Gasteiger partial charge in [-0.05, 0) is 18.6 Å². The third kappa shape index (κ3) is 4.50. The summed E-state index contributed by atoms with van der Waals surface area (Å²) in [5, 5.41) is 37.5. The van der Waals surface area contributed by atoms with Crippen LogP contribution in [-0.4, -0.2) is 68.4 Å². The number of anilines is 1. The van der Waals surface area contributed by atoms with Gasteiger partial charge in [-0.2, -0.15) is 10.4 Å². The first kappa shape index (κ1) is 23.4. The van der Waals surface area contributed by atoms with E-state index in [-0.39, 0.29) is 24.7 Å². The van der Waals surface area contributed by atoms with Crippen LogP contribution in [0.5, 0.6) is 0 Å². The fraction of sp³-hybridized carbons (Fsp3) is 0.550. The molecule has 2 aromatic rings. The van der Waals surface area contributed by atoms with Gasteiger partial charge in [0.1, 0.15) is 42.8 Å². The lowest BCUT2D eigenvalue weighted by Crippen LogP contribution is -2.41.